The van der Waals surface area contributed by atoms with Crippen LogP contribution in [0.3, 0.4) is 0 Å². The molecule has 0 unspecified atom stereocenters. The van der Waals surface area contributed by atoms with Crippen LogP contribution in [0.5, 0.6) is 5.75 Å². The summed E-state index contributed by atoms with van der Waals surface area (Å²) in [4.78, 5) is 12.7. The lowest BCUT2D eigenvalue weighted by molar-refractivity contribution is -0.116. The Kier molecular flexibility index (Phi) is 3.52. The fraction of sp³-hybridized carbons (Fsp3) is 0.300. The minimum Gasteiger partial charge on any atom is -0.495 e. The van der Waals surface area contributed by atoms with E-state index < -0.39 is 0 Å². The second-order valence-electron chi connectivity index (χ2n) is 2.90. The van der Waals surface area contributed by atoms with Gasteiger partial charge in [0.15, 0.2) is 0 Å². The lowest BCUT2D eigenvalue weighted by Crippen LogP contribution is -2.22. The zero-order valence-electron chi connectivity index (χ0n) is 8.37. The summed E-state index contributed by atoms with van der Waals surface area (Å²) < 4.78 is 6.01. The number of amides is 1. The number of methoxy groups -OCH3 is 1. The second-order valence-corrected chi connectivity index (χ2v) is 3.75. The summed E-state index contributed by atoms with van der Waals surface area (Å²) in [6.07, 6.45) is 0. The number of hydrogen-bond acceptors (Lipinski definition) is 2. The lowest BCUT2D eigenvalue weighted by Gasteiger charge is -2.16. The molecule has 0 spiro atoms. The van der Waals surface area contributed by atoms with E-state index in [4.69, 9.17) is 4.74 Å². The average Bonchev–Trinajstić information content (AvgIpc) is 2.17. The zero-order valence-corrected chi connectivity index (χ0v) is 9.96. The van der Waals surface area contributed by atoms with Gasteiger partial charge in [0.1, 0.15) is 5.75 Å². The maximum Gasteiger partial charge on any atom is 0.223 e. The normalized spacial score (nSPS) is 9.71. The molecule has 0 aliphatic heterocycles. The fourth-order valence-corrected chi connectivity index (χ4v) is 1.45. The predicted octanol–water partition coefficient (Wildman–Crippen LogP) is 2.44. The van der Waals surface area contributed by atoms with Gasteiger partial charge in [-0.05, 0) is 28.1 Å². The molecule has 76 valence electrons. The van der Waals surface area contributed by atoms with Crippen molar-refractivity contribution in [3.05, 3.63) is 22.7 Å². The molecule has 4 heteroatoms. The molecule has 0 saturated carbocycles. The molecule has 1 aromatic rings. The Morgan fingerprint density at radius 2 is 2.14 bits per heavy atom. The van der Waals surface area contributed by atoms with Gasteiger partial charge in [0.25, 0.3) is 0 Å². The molecule has 0 saturated heterocycles. The summed E-state index contributed by atoms with van der Waals surface area (Å²) in [5.74, 6) is 0.713. The van der Waals surface area contributed by atoms with Crippen molar-refractivity contribution < 1.29 is 9.53 Å². The highest BCUT2D eigenvalue weighted by Gasteiger charge is 2.08. The smallest absolute Gasteiger partial charge is 0.223 e. The van der Waals surface area contributed by atoms with Crippen molar-refractivity contribution in [3.63, 3.8) is 0 Å². The molecule has 1 aromatic carbocycles. The van der Waals surface area contributed by atoms with Crippen LogP contribution in [0.1, 0.15) is 6.92 Å². The molecule has 0 aromatic heterocycles. The molecule has 0 aliphatic rings. The van der Waals surface area contributed by atoms with Crippen LogP contribution in [0.25, 0.3) is 0 Å². The number of ether oxygens (including phenoxy) is 1. The molecule has 0 radical (unpaired) electrons. The first kappa shape index (κ1) is 11.0. The number of hydrogen-bond donors (Lipinski definition) is 0. The highest BCUT2D eigenvalue weighted by Crippen LogP contribution is 2.29. The molecule has 1 amide bonds. The first-order valence-corrected chi connectivity index (χ1v) is 4.93. The van der Waals surface area contributed by atoms with E-state index in [1.54, 1.807) is 19.1 Å². The monoisotopic (exact) mass is 257 g/mol. The van der Waals surface area contributed by atoms with E-state index in [2.05, 4.69) is 15.9 Å². The van der Waals surface area contributed by atoms with E-state index in [0.717, 1.165) is 15.9 Å². The van der Waals surface area contributed by atoms with Gasteiger partial charge < -0.3 is 9.64 Å². The molecule has 14 heavy (non-hydrogen) atoms. The highest BCUT2D eigenvalue weighted by molar-refractivity contribution is 9.10. The number of carbonyl (C=O) groups is 1. The van der Waals surface area contributed by atoms with Gasteiger partial charge in [-0.2, -0.15) is 0 Å². The van der Waals surface area contributed by atoms with Crippen molar-refractivity contribution in [1.82, 2.24) is 0 Å². The summed E-state index contributed by atoms with van der Waals surface area (Å²) in [7, 11) is 3.32. The molecular formula is C10H12BrNO2. The third kappa shape index (κ3) is 2.26. The maximum atomic E-state index is 11.1. The van der Waals surface area contributed by atoms with Crippen LogP contribution in [0.4, 0.5) is 5.69 Å². The molecule has 0 heterocycles. The number of nitrogens with zero attached hydrogens (tertiary/aromatic N) is 1. The topological polar surface area (TPSA) is 29.5 Å². The Bertz CT molecular complexity index is 352. The van der Waals surface area contributed by atoms with Gasteiger partial charge in [-0.1, -0.05) is 0 Å². The summed E-state index contributed by atoms with van der Waals surface area (Å²) in [5.41, 5.74) is 0.817. The van der Waals surface area contributed by atoms with Crippen LogP contribution in [0.2, 0.25) is 0 Å². The molecule has 0 atom stereocenters. The summed E-state index contributed by atoms with van der Waals surface area (Å²) in [5, 5.41) is 0. The van der Waals surface area contributed by atoms with Crippen LogP contribution in [0.15, 0.2) is 22.7 Å². The molecule has 0 aliphatic carbocycles. The van der Waals surface area contributed by atoms with Crippen molar-refractivity contribution in [2.45, 2.75) is 6.92 Å². The third-order valence-electron chi connectivity index (χ3n) is 1.99. The largest absolute Gasteiger partial charge is 0.495 e. The molecule has 0 bridgehead atoms. The van der Waals surface area contributed by atoms with Crippen molar-refractivity contribution in [3.8, 4) is 5.75 Å². The summed E-state index contributed by atoms with van der Waals surface area (Å²) >= 11 is 3.35. The van der Waals surface area contributed by atoms with Gasteiger partial charge in [-0.15, -0.1) is 0 Å². The Morgan fingerprint density at radius 1 is 1.50 bits per heavy atom. The van der Waals surface area contributed by atoms with Crippen molar-refractivity contribution in [2.75, 3.05) is 19.1 Å². The van der Waals surface area contributed by atoms with E-state index in [1.807, 2.05) is 18.2 Å². The van der Waals surface area contributed by atoms with Gasteiger partial charge in [0.2, 0.25) is 5.91 Å². The first-order valence-electron chi connectivity index (χ1n) is 4.14. The Morgan fingerprint density at radius 3 is 2.64 bits per heavy atom. The van der Waals surface area contributed by atoms with Crippen molar-refractivity contribution in [2.24, 2.45) is 0 Å². The quantitative estimate of drug-likeness (QED) is 0.815. The van der Waals surface area contributed by atoms with E-state index in [9.17, 15) is 4.79 Å². The fourth-order valence-electron chi connectivity index (χ4n) is 1.04. The minimum absolute atomic E-state index is 0.00521. The highest BCUT2D eigenvalue weighted by atomic mass is 79.9. The van der Waals surface area contributed by atoms with Gasteiger partial charge in [0.05, 0.1) is 11.6 Å². The summed E-state index contributed by atoms with van der Waals surface area (Å²) in [6.45, 7) is 1.52. The second kappa shape index (κ2) is 4.46. The maximum absolute atomic E-state index is 11.1. The average molecular weight is 258 g/mol. The van der Waals surface area contributed by atoms with Crippen LogP contribution < -0.4 is 9.64 Å². The van der Waals surface area contributed by atoms with Crippen LogP contribution >= 0.6 is 15.9 Å². The molecule has 0 fully saturated rings. The van der Waals surface area contributed by atoms with E-state index >= 15 is 0 Å². The molecule has 0 N–H and O–H groups in total. The zero-order chi connectivity index (χ0) is 10.7. The van der Waals surface area contributed by atoms with Gasteiger partial charge in [-0.3, -0.25) is 4.79 Å². The predicted molar refractivity (Wildman–Crippen MR) is 59.8 cm³/mol. The minimum atomic E-state index is -0.00521. The molecule has 1 rings (SSSR count). The van der Waals surface area contributed by atoms with E-state index in [0.29, 0.717) is 0 Å². The Labute approximate surface area is 91.8 Å². The number of rotatable bonds is 2. The van der Waals surface area contributed by atoms with Crippen molar-refractivity contribution >= 4 is 27.5 Å². The third-order valence-corrected chi connectivity index (χ3v) is 2.65. The van der Waals surface area contributed by atoms with Crippen LogP contribution in [-0.4, -0.2) is 20.1 Å². The number of halogens is 1. The lowest BCUT2D eigenvalue weighted by atomic mass is 10.3. The Balaban J connectivity index is 3.06. The van der Waals surface area contributed by atoms with E-state index in [1.165, 1.54) is 6.92 Å². The standard InChI is InChI=1S/C10H12BrNO2/c1-7(13)12(2)8-4-5-9(11)10(6-8)14-3/h4-6H,1-3H3. The van der Waals surface area contributed by atoms with Crippen LogP contribution in [-0.2, 0) is 4.79 Å². The van der Waals surface area contributed by atoms with Crippen molar-refractivity contribution in [1.29, 1.82) is 0 Å². The van der Waals surface area contributed by atoms with Crippen LogP contribution in [0, 0.1) is 0 Å². The van der Waals surface area contributed by atoms with Gasteiger partial charge in [-0.25, -0.2) is 0 Å². The SMILES string of the molecule is COc1cc(N(C)C(C)=O)ccc1Br. The number of benzene rings is 1. The van der Waals surface area contributed by atoms with E-state index in [-0.39, 0.29) is 5.91 Å². The Hall–Kier alpha value is -1.03. The number of carbonyl (C=O) groups excluding carboxylic acids is 1. The first-order chi connectivity index (χ1) is 6.56. The van der Waals surface area contributed by atoms with Gasteiger partial charge in [0, 0.05) is 25.7 Å². The molecular weight excluding hydrogens is 246 g/mol. The molecule has 3 nitrogen and oxygen atoms in total. The van der Waals surface area contributed by atoms with Gasteiger partial charge >= 0.3 is 0 Å². The number of anilines is 1. The summed E-state index contributed by atoms with van der Waals surface area (Å²) in [6, 6.07) is 5.52.